The second-order valence-corrected chi connectivity index (χ2v) is 8.72. The highest BCUT2D eigenvalue weighted by Crippen LogP contribution is 2.33. The molecule has 27 heavy (non-hydrogen) atoms. The lowest BCUT2D eigenvalue weighted by Crippen LogP contribution is -1.90. The normalized spacial score (nSPS) is 12.9. The molecule has 3 rings (SSSR count). The summed E-state index contributed by atoms with van der Waals surface area (Å²) >= 11 is 0. The maximum atomic E-state index is 2.41. The van der Waals surface area contributed by atoms with Gasteiger partial charge in [-0.15, -0.1) is 0 Å². The molecule has 148 valence electrons. The molecule has 0 aromatic heterocycles. The van der Waals surface area contributed by atoms with Gasteiger partial charge in [0, 0.05) is 0 Å². The molecule has 2 aromatic carbocycles. The van der Waals surface area contributed by atoms with Crippen LogP contribution in [-0.2, 0) is 19.3 Å². The third-order valence-corrected chi connectivity index (χ3v) is 6.52. The van der Waals surface area contributed by atoms with E-state index in [0.717, 1.165) is 0 Å². The number of hydrogen-bond acceptors (Lipinski definition) is 0. The van der Waals surface area contributed by atoms with Crippen molar-refractivity contribution in [3.05, 3.63) is 47.0 Å². The van der Waals surface area contributed by atoms with Crippen LogP contribution in [0.1, 0.15) is 107 Å². The summed E-state index contributed by atoms with van der Waals surface area (Å²) in [6, 6.07) is 11.8. The van der Waals surface area contributed by atoms with Gasteiger partial charge in [-0.05, 0) is 53.1 Å². The van der Waals surface area contributed by atoms with Crippen LogP contribution in [0.4, 0.5) is 0 Å². The van der Waals surface area contributed by atoms with Crippen molar-refractivity contribution in [1.29, 1.82) is 0 Å². The van der Waals surface area contributed by atoms with Crippen LogP contribution in [0, 0.1) is 0 Å². The molecule has 0 fully saturated rings. The van der Waals surface area contributed by atoms with E-state index in [0.29, 0.717) is 0 Å². The van der Waals surface area contributed by atoms with Crippen molar-refractivity contribution in [1.82, 2.24) is 0 Å². The van der Waals surface area contributed by atoms with E-state index in [1.54, 1.807) is 27.5 Å². The molecule has 0 nitrogen and oxygen atoms in total. The van der Waals surface area contributed by atoms with Crippen LogP contribution < -0.4 is 0 Å². The van der Waals surface area contributed by atoms with Crippen LogP contribution in [-0.4, -0.2) is 0 Å². The van der Waals surface area contributed by atoms with Crippen molar-refractivity contribution in [3.8, 4) is 0 Å². The molecule has 0 heterocycles. The summed E-state index contributed by atoms with van der Waals surface area (Å²) in [4.78, 5) is 0. The van der Waals surface area contributed by atoms with Gasteiger partial charge in [0.1, 0.15) is 0 Å². The third-order valence-electron chi connectivity index (χ3n) is 6.52. The molecule has 0 aliphatic heterocycles. The van der Waals surface area contributed by atoms with Gasteiger partial charge in [0.15, 0.2) is 0 Å². The van der Waals surface area contributed by atoms with Gasteiger partial charge in [-0.2, -0.15) is 0 Å². The SMILES string of the molecule is CCCCCCCCCCCCCCCc1ccc2c3c(cccc13)CC2. The van der Waals surface area contributed by atoms with Gasteiger partial charge in [0.05, 0.1) is 0 Å². The molecule has 0 atom stereocenters. The topological polar surface area (TPSA) is 0 Å². The van der Waals surface area contributed by atoms with E-state index in [9.17, 15) is 0 Å². The standard InChI is InChI=1S/C27H40/c1-2-3-4-5-6-7-8-9-10-11-12-13-14-16-23-19-20-25-22-21-24-17-15-18-26(23)27(24)25/h15,17-20H,2-14,16,21-22H2,1H3. The number of rotatable bonds is 14. The smallest absolute Gasteiger partial charge is 0.0117 e. The van der Waals surface area contributed by atoms with Crippen LogP contribution >= 0.6 is 0 Å². The lowest BCUT2D eigenvalue weighted by atomic mass is 9.96. The summed E-state index contributed by atoms with van der Waals surface area (Å²) in [5, 5.41) is 3.13. The molecule has 1 aliphatic rings. The average molecular weight is 365 g/mol. The predicted octanol–water partition coefficient (Wildman–Crippen LogP) is 8.57. The molecule has 1 aliphatic carbocycles. The van der Waals surface area contributed by atoms with E-state index in [4.69, 9.17) is 0 Å². The molecule has 0 bridgehead atoms. The zero-order chi connectivity index (χ0) is 18.7. The van der Waals surface area contributed by atoms with E-state index in [1.807, 2.05) is 0 Å². The van der Waals surface area contributed by atoms with Gasteiger partial charge >= 0.3 is 0 Å². The van der Waals surface area contributed by atoms with E-state index in [-0.39, 0.29) is 0 Å². The zero-order valence-corrected chi connectivity index (χ0v) is 17.7. The lowest BCUT2D eigenvalue weighted by molar-refractivity contribution is 0.539. The largest absolute Gasteiger partial charge is 0.0654 e. The minimum Gasteiger partial charge on any atom is -0.0654 e. The molecule has 2 aromatic rings. The average Bonchev–Trinajstić information content (AvgIpc) is 3.12. The second-order valence-electron chi connectivity index (χ2n) is 8.72. The number of unbranched alkanes of at least 4 members (excludes halogenated alkanes) is 12. The Hall–Kier alpha value is -1.30. The number of aryl methyl sites for hydroxylation is 3. The predicted molar refractivity (Wildman–Crippen MR) is 121 cm³/mol. The minimum atomic E-state index is 1.24. The quantitative estimate of drug-likeness (QED) is 0.294. The first kappa shape index (κ1) is 20.4. The van der Waals surface area contributed by atoms with Crippen molar-refractivity contribution in [3.63, 3.8) is 0 Å². The molecule has 0 N–H and O–H groups in total. The summed E-state index contributed by atoms with van der Waals surface area (Å²) in [6.07, 6.45) is 22.4. The highest BCUT2D eigenvalue weighted by molar-refractivity contribution is 5.93. The Bertz CT molecular complexity index is 671. The van der Waals surface area contributed by atoms with Gasteiger partial charge in [-0.1, -0.05) is 114 Å². The Morgan fingerprint density at radius 1 is 0.593 bits per heavy atom. The van der Waals surface area contributed by atoms with Crippen LogP contribution in [0.2, 0.25) is 0 Å². The first-order valence-electron chi connectivity index (χ1n) is 11.9. The molecule has 0 saturated carbocycles. The Balaban J connectivity index is 1.25. The Kier molecular flexibility index (Phi) is 8.72. The maximum absolute atomic E-state index is 2.41. The number of hydrogen-bond donors (Lipinski definition) is 0. The monoisotopic (exact) mass is 364 g/mol. The fourth-order valence-electron chi connectivity index (χ4n) is 4.86. The highest BCUT2D eigenvalue weighted by Gasteiger charge is 2.15. The van der Waals surface area contributed by atoms with E-state index < -0.39 is 0 Å². The van der Waals surface area contributed by atoms with Crippen LogP contribution in [0.15, 0.2) is 30.3 Å². The van der Waals surface area contributed by atoms with Crippen molar-refractivity contribution in [2.75, 3.05) is 0 Å². The van der Waals surface area contributed by atoms with Gasteiger partial charge in [0.25, 0.3) is 0 Å². The summed E-state index contributed by atoms with van der Waals surface area (Å²) in [5.41, 5.74) is 4.74. The van der Waals surface area contributed by atoms with E-state index in [1.165, 1.54) is 103 Å². The Labute approximate surface area is 167 Å². The van der Waals surface area contributed by atoms with Crippen LogP contribution in [0.3, 0.4) is 0 Å². The minimum absolute atomic E-state index is 1.24. The lowest BCUT2D eigenvalue weighted by Gasteiger charge is -2.09. The van der Waals surface area contributed by atoms with E-state index in [2.05, 4.69) is 37.3 Å². The molecular formula is C27H40. The molecule has 0 saturated heterocycles. The van der Waals surface area contributed by atoms with E-state index >= 15 is 0 Å². The third kappa shape index (κ3) is 6.09. The summed E-state index contributed by atoms with van der Waals surface area (Å²) < 4.78 is 0. The van der Waals surface area contributed by atoms with Gasteiger partial charge in [0.2, 0.25) is 0 Å². The van der Waals surface area contributed by atoms with Crippen LogP contribution in [0.25, 0.3) is 10.8 Å². The van der Waals surface area contributed by atoms with Gasteiger partial charge in [-0.3, -0.25) is 0 Å². The molecule has 0 radical (unpaired) electrons. The van der Waals surface area contributed by atoms with Crippen LogP contribution in [0.5, 0.6) is 0 Å². The first-order chi connectivity index (χ1) is 13.4. The fourth-order valence-corrected chi connectivity index (χ4v) is 4.86. The molecule has 0 amide bonds. The van der Waals surface area contributed by atoms with Crippen molar-refractivity contribution < 1.29 is 0 Å². The Morgan fingerprint density at radius 3 is 1.78 bits per heavy atom. The van der Waals surface area contributed by atoms with Crippen molar-refractivity contribution in [2.24, 2.45) is 0 Å². The van der Waals surface area contributed by atoms with Gasteiger partial charge < -0.3 is 0 Å². The summed E-state index contributed by atoms with van der Waals surface area (Å²) in [5.74, 6) is 0. The second kappa shape index (κ2) is 11.5. The zero-order valence-electron chi connectivity index (χ0n) is 17.7. The first-order valence-corrected chi connectivity index (χ1v) is 11.9. The molecule has 0 spiro atoms. The summed E-state index contributed by atoms with van der Waals surface area (Å²) in [7, 11) is 0. The van der Waals surface area contributed by atoms with Crippen molar-refractivity contribution >= 4 is 10.8 Å². The molecular weight excluding hydrogens is 324 g/mol. The fraction of sp³-hybridized carbons (Fsp3) is 0.630. The summed E-state index contributed by atoms with van der Waals surface area (Å²) in [6.45, 7) is 2.30. The van der Waals surface area contributed by atoms with Crippen molar-refractivity contribution in [2.45, 2.75) is 110 Å². The Morgan fingerprint density at radius 2 is 1.15 bits per heavy atom. The maximum Gasteiger partial charge on any atom is -0.0117 e. The van der Waals surface area contributed by atoms with Gasteiger partial charge in [-0.25, -0.2) is 0 Å². The molecule has 0 heteroatoms. The molecule has 0 unspecified atom stereocenters. The number of benzene rings is 2. The highest BCUT2D eigenvalue weighted by atomic mass is 14.2.